The van der Waals surface area contributed by atoms with E-state index in [-0.39, 0.29) is 5.91 Å². The van der Waals surface area contributed by atoms with E-state index in [1.54, 1.807) is 0 Å². The van der Waals surface area contributed by atoms with Crippen LogP contribution in [0.5, 0.6) is 5.75 Å². The van der Waals surface area contributed by atoms with Crippen LogP contribution in [0.1, 0.15) is 30.2 Å². The van der Waals surface area contributed by atoms with Gasteiger partial charge in [0.25, 0.3) is 0 Å². The second-order valence-electron chi connectivity index (χ2n) is 4.91. The maximum Gasteiger partial charge on any atom is 0.225 e. The smallest absolute Gasteiger partial charge is 0.225 e. The van der Waals surface area contributed by atoms with E-state index in [4.69, 9.17) is 4.74 Å². The minimum absolute atomic E-state index is 0.0455. The fourth-order valence-corrected chi connectivity index (χ4v) is 2.06. The molecule has 0 atom stereocenters. The third-order valence-corrected chi connectivity index (χ3v) is 3.40. The lowest BCUT2D eigenvalue weighted by atomic mass is 10.1. The number of nitrogens with zero attached hydrogens (tertiary/aromatic N) is 1. The zero-order valence-corrected chi connectivity index (χ0v) is 12.7. The van der Waals surface area contributed by atoms with Gasteiger partial charge in [-0.15, -0.1) is 0 Å². The number of nitrogens with one attached hydrogen (secondary N) is 2. The van der Waals surface area contributed by atoms with Crippen LogP contribution < -0.4 is 10.1 Å². The van der Waals surface area contributed by atoms with Crippen molar-refractivity contribution in [2.75, 3.05) is 11.9 Å². The Balaban J connectivity index is 1.94. The fraction of sp³-hybridized carbons (Fsp3) is 0.375. The molecule has 1 heterocycles. The summed E-state index contributed by atoms with van der Waals surface area (Å²) < 4.78 is 5.56. The van der Waals surface area contributed by atoms with Gasteiger partial charge in [-0.25, -0.2) is 0 Å². The van der Waals surface area contributed by atoms with Crippen molar-refractivity contribution >= 4 is 11.7 Å². The number of hydrogen-bond acceptors (Lipinski definition) is 3. The Morgan fingerprint density at radius 1 is 1.33 bits per heavy atom. The molecule has 0 aliphatic rings. The lowest BCUT2D eigenvalue weighted by Gasteiger charge is -2.09. The zero-order valence-electron chi connectivity index (χ0n) is 12.7. The molecular weight excluding hydrogens is 266 g/mol. The summed E-state index contributed by atoms with van der Waals surface area (Å²) in [5.41, 5.74) is 2.98. The topological polar surface area (TPSA) is 67.0 Å². The molecule has 1 aromatic heterocycles. The summed E-state index contributed by atoms with van der Waals surface area (Å²) in [4.78, 5) is 12.0. The molecule has 0 spiro atoms. The Morgan fingerprint density at radius 2 is 2.10 bits per heavy atom. The molecule has 0 saturated heterocycles. The van der Waals surface area contributed by atoms with Crippen LogP contribution in [0.15, 0.2) is 24.3 Å². The standard InChI is InChI=1S/C16H21N3O2/c1-4-21-14-8-6-5-7-13(14)9-10-15(20)17-16-11(2)12(3)18-19-16/h5-8H,4,9-10H2,1-3H3,(H2,17,18,19,20). The molecule has 0 radical (unpaired) electrons. The largest absolute Gasteiger partial charge is 0.494 e. The van der Waals surface area contributed by atoms with Crippen molar-refractivity contribution < 1.29 is 9.53 Å². The molecule has 0 bridgehead atoms. The molecule has 1 amide bonds. The molecule has 0 aliphatic carbocycles. The molecule has 2 N–H and O–H groups in total. The van der Waals surface area contributed by atoms with Gasteiger partial charge in [-0.05, 0) is 38.8 Å². The molecule has 1 aromatic carbocycles. The molecule has 2 aromatic rings. The van der Waals surface area contributed by atoms with Gasteiger partial charge in [0.2, 0.25) is 5.91 Å². The van der Waals surface area contributed by atoms with Gasteiger partial charge in [-0.1, -0.05) is 18.2 Å². The van der Waals surface area contributed by atoms with E-state index in [9.17, 15) is 4.79 Å². The number of aryl methyl sites for hydroxylation is 2. The van der Waals surface area contributed by atoms with Gasteiger partial charge >= 0.3 is 0 Å². The molecule has 5 heteroatoms. The third kappa shape index (κ3) is 3.84. The second-order valence-corrected chi connectivity index (χ2v) is 4.91. The van der Waals surface area contributed by atoms with E-state index in [1.165, 1.54) is 0 Å². The van der Waals surface area contributed by atoms with Crippen molar-refractivity contribution in [3.8, 4) is 5.75 Å². The number of aromatic nitrogens is 2. The fourth-order valence-electron chi connectivity index (χ4n) is 2.06. The Bertz CT molecular complexity index is 620. The monoisotopic (exact) mass is 287 g/mol. The molecule has 2 rings (SSSR count). The number of hydrogen-bond donors (Lipinski definition) is 2. The van der Waals surface area contributed by atoms with E-state index in [0.29, 0.717) is 25.3 Å². The number of para-hydroxylation sites is 1. The lowest BCUT2D eigenvalue weighted by molar-refractivity contribution is -0.116. The van der Waals surface area contributed by atoms with Crippen LogP contribution in [0.2, 0.25) is 0 Å². The summed E-state index contributed by atoms with van der Waals surface area (Å²) in [6, 6.07) is 7.81. The highest BCUT2D eigenvalue weighted by atomic mass is 16.5. The Kier molecular flexibility index (Phi) is 4.98. The van der Waals surface area contributed by atoms with Crippen LogP contribution in [-0.2, 0) is 11.2 Å². The highest BCUT2D eigenvalue weighted by molar-refractivity contribution is 5.90. The first kappa shape index (κ1) is 15.1. The van der Waals surface area contributed by atoms with Crippen LogP contribution in [-0.4, -0.2) is 22.7 Å². The van der Waals surface area contributed by atoms with Crippen LogP contribution in [0.3, 0.4) is 0 Å². The predicted octanol–water partition coefficient (Wildman–Crippen LogP) is 3.00. The Hall–Kier alpha value is -2.30. The van der Waals surface area contributed by atoms with Gasteiger partial charge in [0.15, 0.2) is 5.82 Å². The highest BCUT2D eigenvalue weighted by Gasteiger charge is 2.10. The SMILES string of the molecule is CCOc1ccccc1CCC(=O)Nc1n[nH]c(C)c1C. The molecular formula is C16H21N3O2. The first-order valence-electron chi connectivity index (χ1n) is 7.14. The summed E-state index contributed by atoms with van der Waals surface area (Å²) in [6.45, 7) is 6.43. The van der Waals surface area contributed by atoms with Crippen LogP contribution in [0.4, 0.5) is 5.82 Å². The maximum atomic E-state index is 12.0. The predicted molar refractivity (Wildman–Crippen MR) is 82.6 cm³/mol. The Labute approximate surface area is 124 Å². The highest BCUT2D eigenvalue weighted by Crippen LogP contribution is 2.20. The number of benzene rings is 1. The van der Waals surface area contributed by atoms with Crippen molar-refractivity contribution in [2.45, 2.75) is 33.6 Å². The van der Waals surface area contributed by atoms with Gasteiger partial charge in [-0.3, -0.25) is 9.89 Å². The second kappa shape index (κ2) is 6.92. The number of H-pyrrole nitrogens is 1. The van der Waals surface area contributed by atoms with Gasteiger partial charge in [0.1, 0.15) is 5.75 Å². The molecule has 0 unspecified atom stereocenters. The minimum Gasteiger partial charge on any atom is -0.494 e. The molecule has 0 aliphatic heterocycles. The van der Waals surface area contributed by atoms with Crippen molar-refractivity contribution in [1.29, 1.82) is 0 Å². The van der Waals surface area contributed by atoms with Gasteiger partial charge in [0.05, 0.1) is 6.61 Å². The van der Waals surface area contributed by atoms with Crippen molar-refractivity contribution in [3.05, 3.63) is 41.1 Å². The molecule has 5 nitrogen and oxygen atoms in total. The summed E-state index contributed by atoms with van der Waals surface area (Å²) >= 11 is 0. The number of anilines is 1. The van der Waals surface area contributed by atoms with Crippen molar-refractivity contribution in [3.63, 3.8) is 0 Å². The molecule has 0 saturated carbocycles. The summed E-state index contributed by atoms with van der Waals surface area (Å²) in [6.07, 6.45) is 1.04. The van der Waals surface area contributed by atoms with Crippen LogP contribution in [0.25, 0.3) is 0 Å². The van der Waals surface area contributed by atoms with Crippen LogP contribution >= 0.6 is 0 Å². The lowest BCUT2D eigenvalue weighted by Crippen LogP contribution is -2.13. The van der Waals surface area contributed by atoms with Crippen molar-refractivity contribution in [1.82, 2.24) is 10.2 Å². The molecule has 21 heavy (non-hydrogen) atoms. The number of amides is 1. The number of ether oxygens (including phenoxy) is 1. The molecule has 0 fully saturated rings. The number of carbonyl (C=O) groups is 1. The van der Waals surface area contributed by atoms with E-state index in [1.807, 2.05) is 45.0 Å². The van der Waals surface area contributed by atoms with E-state index < -0.39 is 0 Å². The first-order valence-corrected chi connectivity index (χ1v) is 7.14. The van der Waals surface area contributed by atoms with Gasteiger partial charge in [-0.2, -0.15) is 5.10 Å². The van der Waals surface area contributed by atoms with E-state index in [0.717, 1.165) is 22.6 Å². The van der Waals surface area contributed by atoms with Gasteiger partial charge < -0.3 is 10.1 Å². The van der Waals surface area contributed by atoms with E-state index >= 15 is 0 Å². The average molecular weight is 287 g/mol. The summed E-state index contributed by atoms with van der Waals surface area (Å²) in [7, 11) is 0. The average Bonchev–Trinajstić information content (AvgIpc) is 2.79. The van der Waals surface area contributed by atoms with Crippen LogP contribution in [0, 0.1) is 13.8 Å². The summed E-state index contributed by atoms with van der Waals surface area (Å²) in [5, 5.41) is 9.76. The normalized spacial score (nSPS) is 10.4. The van der Waals surface area contributed by atoms with Crippen molar-refractivity contribution in [2.24, 2.45) is 0 Å². The number of aromatic amines is 1. The minimum atomic E-state index is -0.0455. The maximum absolute atomic E-state index is 12.0. The zero-order chi connectivity index (χ0) is 15.2. The Morgan fingerprint density at radius 3 is 2.76 bits per heavy atom. The first-order chi connectivity index (χ1) is 10.1. The van der Waals surface area contributed by atoms with E-state index in [2.05, 4.69) is 15.5 Å². The number of carbonyl (C=O) groups excluding carboxylic acids is 1. The molecule has 112 valence electrons. The third-order valence-electron chi connectivity index (χ3n) is 3.40. The summed E-state index contributed by atoms with van der Waals surface area (Å²) in [5.74, 6) is 1.41. The quantitative estimate of drug-likeness (QED) is 0.858. The number of rotatable bonds is 6. The van der Waals surface area contributed by atoms with Gasteiger partial charge in [0, 0.05) is 17.7 Å².